The normalized spacial score (nSPS) is 18.4. The van der Waals surface area contributed by atoms with Crippen LogP contribution in [-0.2, 0) is 4.79 Å². The van der Waals surface area contributed by atoms with Gasteiger partial charge in [-0.2, -0.15) is 0 Å². The number of aliphatic carboxylic acids is 1. The largest absolute Gasteiger partial charge is 0.481 e. The standard InChI is InChI=1S/C16H23NO2S/c1-20-14-8-6-13(7-9-14)15(12-16(18)19)17-10-4-2-3-5-11-17/h6-9,15H,2-5,10-12H2,1H3,(H,18,19). The molecule has 1 heterocycles. The molecule has 1 atom stereocenters. The Bertz CT molecular complexity index is 425. The van der Waals surface area contributed by atoms with Crippen molar-refractivity contribution in [2.45, 2.75) is 43.0 Å². The van der Waals surface area contributed by atoms with E-state index in [4.69, 9.17) is 0 Å². The predicted octanol–water partition coefficient (Wildman–Crippen LogP) is 3.80. The maximum Gasteiger partial charge on any atom is 0.305 e. The molecule has 110 valence electrons. The van der Waals surface area contributed by atoms with Gasteiger partial charge in [0.1, 0.15) is 0 Å². The summed E-state index contributed by atoms with van der Waals surface area (Å²) in [5.41, 5.74) is 1.13. The Kier molecular flexibility index (Phi) is 5.92. The van der Waals surface area contributed by atoms with Gasteiger partial charge in [-0.05, 0) is 49.9 Å². The molecule has 1 aromatic rings. The summed E-state index contributed by atoms with van der Waals surface area (Å²) in [6.07, 6.45) is 7.14. The van der Waals surface area contributed by atoms with Crippen LogP contribution in [-0.4, -0.2) is 35.3 Å². The summed E-state index contributed by atoms with van der Waals surface area (Å²) < 4.78 is 0. The number of likely N-dealkylation sites (tertiary alicyclic amines) is 1. The lowest BCUT2D eigenvalue weighted by molar-refractivity contribution is -0.138. The van der Waals surface area contributed by atoms with Gasteiger partial charge in [-0.3, -0.25) is 9.69 Å². The smallest absolute Gasteiger partial charge is 0.305 e. The lowest BCUT2D eigenvalue weighted by Gasteiger charge is -2.30. The van der Waals surface area contributed by atoms with E-state index in [9.17, 15) is 9.90 Å². The maximum atomic E-state index is 11.2. The van der Waals surface area contributed by atoms with Crippen LogP contribution >= 0.6 is 11.8 Å². The Hall–Kier alpha value is -1.00. The molecule has 0 radical (unpaired) electrons. The molecule has 3 nitrogen and oxygen atoms in total. The van der Waals surface area contributed by atoms with Crippen LogP contribution < -0.4 is 0 Å². The predicted molar refractivity (Wildman–Crippen MR) is 83.3 cm³/mol. The molecule has 1 aliphatic rings. The molecule has 1 saturated heterocycles. The molecule has 0 aliphatic carbocycles. The van der Waals surface area contributed by atoms with Crippen molar-refractivity contribution in [3.8, 4) is 0 Å². The molecule has 0 bridgehead atoms. The summed E-state index contributed by atoms with van der Waals surface area (Å²) in [5, 5.41) is 9.22. The third kappa shape index (κ3) is 4.25. The number of hydrogen-bond donors (Lipinski definition) is 1. The third-order valence-electron chi connectivity index (χ3n) is 3.95. The van der Waals surface area contributed by atoms with Gasteiger partial charge in [0.2, 0.25) is 0 Å². The van der Waals surface area contributed by atoms with Crippen LogP contribution in [0.15, 0.2) is 29.2 Å². The minimum Gasteiger partial charge on any atom is -0.481 e. The van der Waals surface area contributed by atoms with Gasteiger partial charge in [0.05, 0.1) is 6.42 Å². The summed E-state index contributed by atoms with van der Waals surface area (Å²) in [6, 6.07) is 8.37. The Balaban J connectivity index is 2.18. The van der Waals surface area contributed by atoms with E-state index >= 15 is 0 Å². The van der Waals surface area contributed by atoms with Crippen molar-refractivity contribution in [2.24, 2.45) is 0 Å². The second-order valence-corrected chi connectivity index (χ2v) is 6.22. The highest BCUT2D eigenvalue weighted by Crippen LogP contribution is 2.28. The van der Waals surface area contributed by atoms with Crippen LogP contribution in [0.3, 0.4) is 0 Å². The van der Waals surface area contributed by atoms with E-state index in [1.165, 1.54) is 30.6 Å². The molecule has 1 N–H and O–H groups in total. The minimum atomic E-state index is -0.715. The fraction of sp³-hybridized carbons (Fsp3) is 0.562. The summed E-state index contributed by atoms with van der Waals surface area (Å²) >= 11 is 1.71. The first-order valence-electron chi connectivity index (χ1n) is 7.30. The highest BCUT2D eigenvalue weighted by molar-refractivity contribution is 7.98. The molecule has 0 amide bonds. The van der Waals surface area contributed by atoms with Gasteiger partial charge in [-0.25, -0.2) is 0 Å². The lowest BCUT2D eigenvalue weighted by atomic mass is 10.0. The average Bonchev–Trinajstić information content (AvgIpc) is 2.74. The van der Waals surface area contributed by atoms with Gasteiger partial charge < -0.3 is 5.11 Å². The van der Waals surface area contributed by atoms with Gasteiger partial charge in [0.15, 0.2) is 0 Å². The zero-order valence-electron chi connectivity index (χ0n) is 12.0. The molecule has 0 spiro atoms. The second-order valence-electron chi connectivity index (χ2n) is 5.34. The highest BCUT2D eigenvalue weighted by atomic mass is 32.2. The van der Waals surface area contributed by atoms with Crippen LogP contribution in [0.1, 0.15) is 43.7 Å². The Morgan fingerprint density at radius 3 is 2.30 bits per heavy atom. The fourth-order valence-electron chi connectivity index (χ4n) is 2.86. The van der Waals surface area contributed by atoms with Crippen molar-refractivity contribution >= 4 is 17.7 Å². The SMILES string of the molecule is CSc1ccc(C(CC(=O)O)N2CCCCCC2)cc1. The third-order valence-corrected chi connectivity index (χ3v) is 4.69. The average molecular weight is 293 g/mol. The molecule has 1 fully saturated rings. The van der Waals surface area contributed by atoms with Crippen molar-refractivity contribution in [3.05, 3.63) is 29.8 Å². The van der Waals surface area contributed by atoms with Crippen LogP contribution in [0, 0.1) is 0 Å². The molecular weight excluding hydrogens is 270 g/mol. The summed E-state index contributed by atoms with van der Waals surface area (Å²) in [6.45, 7) is 2.03. The van der Waals surface area contributed by atoms with Crippen LogP contribution in [0.4, 0.5) is 0 Å². The summed E-state index contributed by atoms with van der Waals surface area (Å²) in [7, 11) is 0. The molecule has 2 rings (SSSR count). The first-order valence-corrected chi connectivity index (χ1v) is 8.53. The highest BCUT2D eigenvalue weighted by Gasteiger charge is 2.23. The second kappa shape index (κ2) is 7.70. The van der Waals surface area contributed by atoms with E-state index in [-0.39, 0.29) is 12.5 Å². The zero-order chi connectivity index (χ0) is 14.4. The fourth-order valence-corrected chi connectivity index (χ4v) is 3.26. The Labute approximate surface area is 125 Å². The van der Waals surface area contributed by atoms with Gasteiger partial charge >= 0.3 is 5.97 Å². The van der Waals surface area contributed by atoms with E-state index in [0.717, 1.165) is 18.7 Å². The molecule has 0 saturated carbocycles. The first kappa shape index (κ1) is 15.4. The maximum absolute atomic E-state index is 11.2. The number of carboxylic acid groups (broad SMARTS) is 1. The summed E-state index contributed by atoms with van der Waals surface area (Å²) in [5.74, 6) is -0.715. The minimum absolute atomic E-state index is 0.0153. The monoisotopic (exact) mass is 293 g/mol. The number of carbonyl (C=O) groups is 1. The Morgan fingerprint density at radius 1 is 1.20 bits per heavy atom. The van der Waals surface area contributed by atoms with E-state index in [1.807, 2.05) is 0 Å². The van der Waals surface area contributed by atoms with Gasteiger partial charge in [0.25, 0.3) is 0 Å². The molecule has 0 aromatic heterocycles. The van der Waals surface area contributed by atoms with Crippen LogP contribution in [0.2, 0.25) is 0 Å². The van der Waals surface area contributed by atoms with Gasteiger partial charge in [-0.1, -0.05) is 25.0 Å². The quantitative estimate of drug-likeness (QED) is 0.838. The molecule has 4 heteroatoms. The van der Waals surface area contributed by atoms with E-state index in [2.05, 4.69) is 35.4 Å². The number of benzene rings is 1. The van der Waals surface area contributed by atoms with Crippen LogP contribution in [0.5, 0.6) is 0 Å². The van der Waals surface area contributed by atoms with Crippen molar-refractivity contribution in [1.82, 2.24) is 4.90 Å². The number of carboxylic acids is 1. The van der Waals surface area contributed by atoms with E-state index < -0.39 is 5.97 Å². The van der Waals surface area contributed by atoms with Crippen molar-refractivity contribution in [1.29, 1.82) is 0 Å². The molecule has 1 aromatic carbocycles. The first-order chi connectivity index (χ1) is 9.70. The number of rotatable bonds is 5. The van der Waals surface area contributed by atoms with Crippen molar-refractivity contribution < 1.29 is 9.90 Å². The van der Waals surface area contributed by atoms with Gasteiger partial charge in [0, 0.05) is 10.9 Å². The number of thioether (sulfide) groups is 1. The molecule has 1 aliphatic heterocycles. The number of hydrogen-bond acceptors (Lipinski definition) is 3. The van der Waals surface area contributed by atoms with Crippen molar-refractivity contribution in [3.63, 3.8) is 0 Å². The van der Waals surface area contributed by atoms with Crippen molar-refractivity contribution in [2.75, 3.05) is 19.3 Å². The van der Waals surface area contributed by atoms with E-state index in [0.29, 0.717) is 0 Å². The van der Waals surface area contributed by atoms with Crippen LogP contribution in [0.25, 0.3) is 0 Å². The lowest BCUT2D eigenvalue weighted by Crippen LogP contribution is -2.31. The molecule has 1 unspecified atom stereocenters. The number of nitrogens with zero attached hydrogens (tertiary/aromatic N) is 1. The van der Waals surface area contributed by atoms with E-state index in [1.54, 1.807) is 11.8 Å². The zero-order valence-corrected chi connectivity index (χ0v) is 12.9. The summed E-state index contributed by atoms with van der Waals surface area (Å²) in [4.78, 5) is 14.8. The Morgan fingerprint density at radius 2 is 1.80 bits per heavy atom. The molecular formula is C16H23NO2S. The van der Waals surface area contributed by atoms with Gasteiger partial charge in [-0.15, -0.1) is 11.8 Å². The topological polar surface area (TPSA) is 40.5 Å². The molecule has 20 heavy (non-hydrogen) atoms.